The van der Waals surface area contributed by atoms with Crippen LogP contribution in [0.15, 0.2) is 72.8 Å². The summed E-state index contributed by atoms with van der Waals surface area (Å²) in [6.07, 6.45) is -0.186. The summed E-state index contributed by atoms with van der Waals surface area (Å²) in [5.41, 5.74) is 5.80. The number of amides is 2. The number of rotatable bonds is 9. The largest absolute Gasteiger partial charge is 0.481 e. The van der Waals surface area contributed by atoms with Gasteiger partial charge in [-0.15, -0.1) is 0 Å². The molecule has 2 amide bonds. The van der Waals surface area contributed by atoms with Gasteiger partial charge in [0.25, 0.3) is 0 Å². The summed E-state index contributed by atoms with van der Waals surface area (Å²) in [6, 6.07) is 23.1. The Bertz CT molecular complexity index is 1190. The third-order valence-corrected chi connectivity index (χ3v) is 6.19. The zero-order valence-corrected chi connectivity index (χ0v) is 19.5. The van der Waals surface area contributed by atoms with Gasteiger partial charge in [-0.3, -0.25) is 9.59 Å². The smallest absolute Gasteiger partial charge is 0.407 e. The fourth-order valence-corrected chi connectivity index (χ4v) is 4.37. The molecule has 7 nitrogen and oxygen atoms in total. The van der Waals surface area contributed by atoms with Crippen LogP contribution >= 0.6 is 0 Å². The van der Waals surface area contributed by atoms with Crippen LogP contribution in [0.2, 0.25) is 0 Å². The molecule has 0 bridgehead atoms. The number of hydrogen-bond donors (Lipinski definition) is 3. The lowest BCUT2D eigenvalue weighted by Gasteiger charge is -2.16. The van der Waals surface area contributed by atoms with E-state index in [1.807, 2.05) is 24.3 Å². The molecule has 1 aliphatic carbocycles. The van der Waals surface area contributed by atoms with Gasteiger partial charge in [0.15, 0.2) is 0 Å². The molecule has 35 heavy (non-hydrogen) atoms. The normalized spacial score (nSPS) is 12.8. The molecule has 4 rings (SSSR count). The Morgan fingerprint density at radius 2 is 1.60 bits per heavy atom. The molecule has 0 saturated carbocycles. The Balaban J connectivity index is 1.23. The molecule has 0 radical (unpaired) electrons. The molecular weight excluding hydrogens is 444 g/mol. The second-order valence-corrected chi connectivity index (χ2v) is 8.70. The fraction of sp³-hybridized carbons (Fsp3) is 0.250. The first-order valence-corrected chi connectivity index (χ1v) is 11.6. The molecule has 7 heteroatoms. The SMILES string of the molecule is CC(CCNC(=O)OCC1c2ccccc2-c2ccccc21)C(=O)Nc1cccc(CC(=O)O)c1. The number of alkyl carbamates (subject to hydrolysis) is 1. The second-order valence-electron chi connectivity index (χ2n) is 8.70. The van der Waals surface area contributed by atoms with Crippen LogP contribution in [-0.2, 0) is 20.7 Å². The van der Waals surface area contributed by atoms with Gasteiger partial charge in [-0.2, -0.15) is 0 Å². The van der Waals surface area contributed by atoms with Gasteiger partial charge in [0, 0.05) is 24.1 Å². The van der Waals surface area contributed by atoms with Crippen molar-refractivity contribution in [1.82, 2.24) is 5.32 Å². The molecule has 0 saturated heterocycles. The Morgan fingerprint density at radius 1 is 0.943 bits per heavy atom. The van der Waals surface area contributed by atoms with Gasteiger partial charge in [0.05, 0.1) is 6.42 Å². The summed E-state index contributed by atoms with van der Waals surface area (Å²) in [7, 11) is 0. The molecular formula is C28H28N2O5. The Kier molecular flexibility index (Phi) is 7.45. The molecule has 1 aliphatic rings. The highest BCUT2D eigenvalue weighted by atomic mass is 16.5. The lowest BCUT2D eigenvalue weighted by Crippen LogP contribution is -2.30. The van der Waals surface area contributed by atoms with Crippen molar-refractivity contribution in [2.45, 2.75) is 25.7 Å². The minimum absolute atomic E-state index is 0.00487. The third-order valence-electron chi connectivity index (χ3n) is 6.19. The van der Waals surface area contributed by atoms with Crippen LogP contribution in [0.3, 0.4) is 0 Å². The zero-order valence-electron chi connectivity index (χ0n) is 19.5. The summed E-state index contributed by atoms with van der Waals surface area (Å²) in [6.45, 7) is 2.31. The van der Waals surface area contributed by atoms with Gasteiger partial charge in [0.2, 0.25) is 5.91 Å². The third kappa shape index (κ3) is 5.87. The first-order chi connectivity index (χ1) is 16.9. The van der Waals surface area contributed by atoms with E-state index in [0.29, 0.717) is 24.2 Å². The molecule has 0 aliphatic heterocycles. The molecule has 0 heterocycles. The monoisotopic (exact) mass is 472 g/mol. The number of nitrogens with one attached hydrogen (secondary N) is 2. The van der Waals surface area contributed by atoms with Crippen molar-refractivity contribution in [2.24, 2.45) is 5.92 Å². The minimum atomic E-state index is -0.929. The average molecular weight is 473 g/mol. The number of carbonyl (C=O) groups is 3. The van der Waals surface area contributed by atoms with Gasteiger partial charge < -0.3 is 20.5 Å². The highest BCUT2D eigenvalue weighted by Crippen LogP contribution is 2.44. The molecule has 0 aromatic heterocycles. The number of carboxylic acids is 1. The van der Waals surface area contributed by atoms with Crippen LogP contribution in [0.25, 0.3) is 11.1 Å². The zero-order chi connectivity index (χ0) is 24.8. The van der Waals surface area contributed by atoms with Crippen LogP contribution in [0.1, 0.15) is 36.0 Å². The maximum atomic E-state index is 12.5. The van der Waals surface area contributed by atoms with Crippen molar-refractivity contribution in [2.75, 3.05) is 18.5 Å². The fourth-order valence-electron chi connectivity index (χ4n) is 4.37. The quantitative estimate of drug-likeness (QED) is 0.414. The standard InChI is InChI=1S/C28H28N2O5/c1-18(27(33)30-20-8-6-7-19(15-20)16-26(31)32)13-14-29-28(34)35-17-25-23-11-4-2-9-21(23)22-10-3-5-12-24(22)25/h2-12,15,18,25H,13-14,16-17H2,1H3,(H,29,34)(H,30,33)(H,31,32). The minimum Gasteiger partial charge on any atom is -0.481 e. The highest BCUT2D eigenvalue weighted by molar-refractivity contribution is 5.92. The van der Waals surface area contributed by atoms with E-state index in [4.69, 9.17) is 9.84 Å². The Labute approximate surface area is 204 Å². The van der Waals surface area contributed by atoms with Gasteiger partial charge >= 0.3 is 12.1 Å². The van der Waals surface area contributed by atoms with E-state index in [1.165, 1.54) is 11.1 Å². The first kappa shape index (κ1) is 24.0. The first-order valence-electron chi connectivity index (χ1n) is 11.6. The number of carbonyl (C=O) groups excluding carboxylic acids is 2. The molecule has 0 fully saturated rings. The van der Waals surface area contributed by atoms with Crippen LogP contribution in [0.5, 0.6) is 0 Å². The molecule has 3 aromatic carbocycles. The van der Waals surface area contributed by atoms with E-state index in [9.17, 15) is 14.4 Å². The Morgan fingerprint density at radius 3 is 2.26 bits per heavy atom. The maximum absolute atomic E-state index is 12.5. The van der Waals surface area contributed by atoms with Gasteiger partial charge in [-0.25, -0.2) is 4.79 Å². The molecule has 3 aromatic rings. The topological polar surface area (TPSA) is 105 Å². The highest BCUT2D eigenvalue weighted by Gasteiger charge is 2.29. The predicted octanol–water partition coefficient (Wildman–Crippen LogP) is 4.82. The summed E-state index contributed by atoms with van der Waals surface area (Å²) < 4.78 is 5.52. The Hall–Kier alpha value is -4.13. The number of aliphatic carboxylic acids is 1. The van der Waals surface area contributed by atoms with E-state index in [-0.39, 0.29) is 30.8 Å². The van der Waals surface area contributed by atoms with Crippen molar-refractivity contribution in [3.05, 3.63) is 89.5 Å². The number of fused-ring (bicyclic) bond motifs is 3. The lowest BCUT2D eigenvalue weighted by atomic mass is 9.98. The van der Waals surface area contributed by atoms with E-state index in [1.54, 1.807) is 31.2 Å². The number of hydrogen-bond acceptors (Lipinski definition) is 4. The average Bonchev–Trinajstić information content (AvgIpc) is 3.16. The van der Waals surface area contributed by atoms with E-state index in [2.05, 4.69) is 34.9 Å². The number of benzene rings is 3. The van der Waals surface area contributed by atoms with Crippen molar-refractivity contribution >= 4 is 23.7 Å². The summed E-state index contributed by atoms with van der Waals surface area (Å²) in [5.74, 6) is -1.49. The molecule has 1 unspecified atom stereocenters. The van der Waals surface area contributed by atoms with Crippen molar-refractivity contribution in [3.8, 4) is 11.1 Å². The van der Waals surface area contributed by atoms with E-state index in [0.717, 1.165) is 11.1 Å². The van der Waals surface area contributed by atoms with E-state index >= 15 is 0 Å². The number of carboxylic acid groups (broad SMARTS) is 1. The molecule has 0 spiro atoms. The summed E-state index contributed by atoms with van der Waals surface area (Å²) >= 11 is 0. The van der Waals surface area contributed by atoms with Gasteiger partial charge in [-0.1, -0.05) is 67.6 Å². The maximum Gasteiger partial charge on any atom is 0.407 e. The van der Waals surface area contributed by atoms with Crippen LogP contribution in [-0.4, -0.2) is 36.2 Å². The molecule has 180 valence electrons. The lowest BCUT2D eigenvalue weighted by molar-refractivity contribution is -0.136. The number of anilines is 1. The predicted molar refractivity (Wildman–Crippen MR) is 133 cm³/mol. The van der Waals surface area contributed by atoms with Gasteiger partial charge in [0.1, 0.15) is 6.61 Å². The molecule has 3 N–H and O–H groups in total. The van der Waals surface area contributed by atoms with Crippen LogP contribution in [0.4, 0.5) is 10.5 Å². The van der Waals surface area contributed by atoms with Crippen LogP contribution < -0.4 is 10.6 Å². The van der Waals surface area contributed by atoms with Crippen LogP contribution in [0, 0.1) is 5.92 Å². The second kappa shape index (κ2) is 10.9. The summed E-state index contributed by atoms with van der Waals surface area (Å²) in [5, 5.41) is 14.5. The van der Waals surface area contributed by atoms with Gasteiger partial charge in [-0.05, 0) is 46.4 Å². The van der Waals surface area contributed by atoms with E-state index < -0.39 is 12.1 Å². The van der Waals surface area contributed by atoms with Crippen molar-refractivity contribution in [3.63, 3.8) is 0 Å². The van der Waals surface area contributed by atoms with Crippen molar-refractivity contribution < 1.29 is 24.2 Å². The molecule has 1 atom stereocenters. The van der Waals surface area contributed by atoms with Crippen molar-refractivity contribution in [1.29, 1.82) is 0 Å². The summed E-state index contributed by atoms with van der Waals surface area (Å²) in [4.78, 5) is 35.7. The number of ether oxygens (including phenoxy) is 1.